The Hall–Kier alpha value is -1.09. The van der Waals surface area contributed by atoms with Crippen LogP contribution in [0.5, 0.6) is 5.75 Å². The monoisotopic (exact) mass is 196 g/mol. The normalized spacial score (nSPS) is 20.9. The summed E-state index contributed by atoms with van der Waals surface area (Å²) >= 11 is 0. The molecule has 0 saturated heterocycles. The molecule has 0 unspecified atom stereocenters. The Labute approximate surface area is 82.3 Å². The molecule has 0 aromatic heterocycles. The SMILES string of the molecule is Cc1ccc(F)c2c1[C@@H](O)CCCO2. The van der Waals surface area contributed by atoms with Gasteiger partial charge in [0.25, 0.3) is 0 Å². The molecule has 0 bridgehead atoms. The van der Waals surface area contributed by atoms with Crippen molar-refractivity contribution in [1.29, 1.82) is 0 Å². The lowest BCUT2D eigenvalue weighted by molar-refractivity contribution is 0.166. The third-order valence-electron chi connectivity index (χ3n) is 2.57. The Kier molecular flexibility index (Phi) is 2.42. The first-order valence-electron chi connectivity index (χ1n) is 4.80. The van der Waals surface area contributed by atoms with Crippen LogP contribution in [0.15, 0.2) is 12.1 Å². The lowest BCUT2D eigenvalue weighted by Gasteiger charge is -2.14. The van der Waals surface area contributed by atoms with Gasteiger partial charge < -0.3 is 9.84 Å². The summed E-state index contributed by atoms with van der Waals surface area (Å²) in [7, 11) is 0. The van der Waals surface area contributed by atoms with Crippen molar-refractivity contribution >= 4 is 0 Å². The second kappa shape index (κ2) is 3.58. The molecule has 2 rings (SSSR count). The van der Waals surface area contributed by atoms with Crippen LogP contribution in [0.2, 0.25) is 0 Å². The summed E-state index contributed by atoms with van der Waals surface area (Å²) in [5.41, 5.74) is 1.50. The second-order valence-corrected chi connectivity index (χ2v) is 3.61. The van der Waals surface area contributed by atoms with E-state index in [0.29, 0.717) is 18.6 Å². The minimum absolute atomic E-state index is 0.231. The smallest absolute Gasteiger partial charge is 0.165 e. The third-order valence-corrected chi connectivity index (χ3v) is 2.57. The van der Waals surface area contributed by atoms with E-state index < -0.39 is 6.10 Å². The molecule has 0 radical (unpaired) electrons. The molecule has 0 amide bonds. The molecule has 0 spiro atoms. The quantitative estimate of drug-likeness (QED) is 0.690. The first kappa shape index (κ1) is 9.46. The number of benzene rings is 1. The average molecular weight is 196 g/mol. The largest absolute Gasteiger partial charge is 0.490 e. The number of fused-ring (bicyclic) bond motifs is 1. The number of halogens is 1. The molecule has 0 fully saturated rings. The zero-order chi connectivity index (χ0) is 10.1. The van der Waals surface area contributed by atoms with Crippen molar-refractivity contribution in [2.45, 2.75) is 25.9 Å². The Balaban J connectivity index is 2.57. The number of hydrogen-bond donors (Lipinski definition) is 1. The lowest BCUT2D eigenvalue weighted by Crippen LogP contribution is -2.01. The first-order chi connectivity index (χ1) is 6.70. The van der Waals surface area contributed by atoms with Gasteiger partial charge in [-0.2, -0.15) is 0 Å². The number of aryl methyl sites for hydroxylation is 1. The van der Waals surface area contributed by atoms with Crippen molar-refractivity contribution in [3.8, 4) is 5.75 Å². The van der Waals surface area contributed by atoms with E-state index in [4.69, 9.17) is 4.74 Å². The Morgan fingerprint density at radius 2 is 2.29 bits per heavy atom. The highest BCUT2D eigenvalue weighted by Gasteiger charge is 2.22. The van der Waals surface area contributed by atoms with E-state index in [9.17, 15) is 9.50 Å². The number of ether oxygens (including phenoxy) is 1. The van der Waals surface area contributed by atoms with E-state index in [1.54, 1.807) is 6.07 Å². The molecule has 1 aromatic carbocycles. The van der Waals surface area contributed by atoms with Crippen LogP contribution in [-0.4, -0.2) is 11.7 Å². The molecule has 3 heteroatoms. The van der Waals surface area contributed by atoms with E-state index >= 15 is 0 Å². The maximum Gasteiger partial charge on any atom is 0.165 e. The summed E-state index contributed by atoms with van der Waals surface area (Å²) < 4.78 is 18.7. The van der Waals surface area contributed by atoms with Gasteiger partial charge in [0.1, 0.15) is 0 Å². The Morgan fingerprint density at radius 1 is 1.50 bits per heavy atom. The minimum Gasteiger partial charge on any atom is -0.490 e. The molecule has 0 aliphatic carbocycles. The first-order valence-corrected chi connectivity index (χ1v) is 4.80. The average Bonchev–Trinajstić information content (AvgIpc) is 2.35. The van der Waals surface area contributed by atoms with E-state index in [0.717, 1.165) is 12.0 Å². The van der Waals surface area contributed by atoms with E-state index in [1.165, 1.54) is 6.07 Å². The number of aliphatic hydroxyl groups is 1. The maximum atomic E-state index is 13.4. The number of hydrogen-bond acceptors (Lipinski definition) is 2. The summed E-state index contributed by atoms with van der Waals surface area (Å²) in [6, 6.07) is 3.05. The second-order valence-electron chi connectivity index (χ2n) is 3.61. The predicted octanol–water partition coefficient (Wildman–Crippen LogP) is 2.34. The Morgan fingerprint density at radius 3 is 3.07 bits per heavy atom. The fourth-order valence-electron chi connectivity index (χ4n) is 1.83. The van der Waals surface area contributed by atoms with Gasteiger partial charge >= 0.3 is 0 Å². The number of aliphatic hydroxyl groups excluding tert-OH is 1. The fourth-order valence-corrected chi connectivity index (χ4v) is 1.83. The van der Waals surface area contributed by atoms with Crippen molar-refractivity contribution in [1.82, 2.24) is 0 Å². The van der Waals surface area contributed by atoms with Gasteiger partial charge in [0.05, 0.1) is 12.7 Å². The molecule has 14 heavy (non-hydrogen) atoms. The highest BCUT2D eigenvalue weighted by atomic mass is 19.1. The Bertz CT molecular complexity index is 349. The van der Waals surface area contributed by atoms with Gasteiger partial charge in [0, 0.05) is 5.56 Å². The molecule has 1 aliphatic rings. The van der Waals surface area contributed by atoms with Crippen molar-refractivity contribution < 1.29 is 14.2 Å². The van der Waals surface area contributed by atoms with Crippen LogP contribution in [0.4, 0.5) is 4.39 Å². The van der Waals surface area contributed by atoms with Crippen molar-refractivity contribution in [2.24, 2.45) is 0 Å². The van der Waals surface area contributed by atoms with Crippen LogP contribution in [0, 0.1) is 12.7 Å². The van der Waals surface area contributed by atoms with Crippen LogP contribution in [0.25, 0.3) is 0 Å². The van der Waals surface area contributed by atoms with Gasteiger partial charge in [0.2, 0.25) is 0 Å². The van der Waals surface area contributed by atoms with Crippen molar-refractivity contribution in [3.63, 3.8) is 0 Å². The van der Waals surface area contributed by atoms with Gasteiger partial charge in [-0.25, -0.2) is 4.39 Å². The molecule has 1 atom stereocenters. The molecule has 1 aromatic rings. The summed E-state index contributed by atoms with van der Waals surface area (Å²) in [4.78, 5) is 0. The third kappa shape index (κ3) is 1.48. The summed E-state index contributed by atoms with van der Waals surface area (Å²) in [6.07, 6.45) is 0.801. The zero-order valence-corrected chi connectivity index (χ0v) is 8.09. The standard InChI is InChI=1S/C11H13FO2/c1-7-4-5-8(12)11-10(7)9(13)3-2-6-14-11/h4-5,9,13H,2-3,6H2,1H3/t9-/m0/s1. The molecule has 1 heterocycles. The van der Waals surface area contributed by atoms with Gasteiger partial charge in [-0.3, -0.25) is 0 Å². The summed E-state index contributed by atoms with van der Waals surface area (Å²) in [5.74, 6) is -0.151. The molecule has 2 nitrogen and oxygen atoms in total. The molecule has 0 saturated carbocycles. The van der Waals surface area contributed by atoms with Crippen molar-refractivity contribution in [2.75, 3.05) is 6.61 Å². The molecular weight excluding hydrogens is 183 g/mol. The summed E-state index contributed by atoms with van der Waals surface area (Å²) in [5, 5.41) is 9.80. The maximum absolute atomic E-state index is 13.4. The van der Waals surface area contributed by atoms with Gasteiger partial charge in [-0.05, 0) is 31.4 Å². The van der Waals surface area contributed by atoms with Gasteiger partial charge in [-0.15, -0.1) is 0 Å². The fraction of sp³-hybridized carbons (Fsp3) is 0.455. The summed E-state index contributed by atoms with van der Waals surface area (Å²) in [6.45, 7) is 2.33. The highest BCUT2D eigenvalue weighted by molar-refractivity contribution is 5.42. The van der Waals surface area contributed by atoms with E-state index in [2.05, 4.69) is 0 Å². The van der Waals surface area contributed by atoms with Crippen molar-refractivity contribution in [3.05, 3.63) is 29.1 Å². The van der Waals surface area contributed by atoms with E-state index in [1.807, 2.05) is 6.92 Å². The highest BCUT2D eigenvalue weighted by Crippen LogP contribution is 2.35. The van der Waals surface area contributed by atoms with Crippen LogP contribution in [0.3, 0.4) is 0 Å². The minimum atomic E-state index is -0.594. The zero-order valence-electron chi connectivity index (χ0n) is 8.09. The van der Waals surface area contributed by atoms with Crippen LogP contribution >= 0.6 is 0 Å². The van der Waals surface area contributed by atoms with E-state index in [-0.39, 0.29) is 11.6 Å². The predicted molar refractivity (Wildman–Crippen MR) is 50.8 cm³/mol. The molecular formula is C11H13FO2. The number of rotatable bonds is 0. The molecule has 1 N–H and O–H groups in total. The lowest BCUT2D eigenvalue weighted by atomic mass is 10.00. The van der Waals surface area contributed by atoms with Crippen LogP contribution < -0.4 is 4.74 Å². The van der Waals surface area contributed by atoms with Gasteiger partial charge in [0.15, 0.2) is 11.6 Å². The van der Waals surface area contributed by atoms with Crippen LogP contribution in [-0.2, 0) is 0 Å². The van der Waals surface area contributed by atoms with Gasteiger partial charge in [-0.1, -0.05) is 6.07 Å². The molecule has 76 valence electrons. The topological polar surface area (TPSA) is 29.5 Å². The van der Waals surface area contributed by atoms with Crippen LogP contribution in [0.1, 0.15) is 30.1 Å². The molecule has 1 aliphatic heterocycles.